The molecule has 0 N–H and O–H groups in total. The number of benzene rings is 1. The minimum Gasteiger partial charge on any atom is -0.424 e. The first kappa shape index (κ1) is 16.5. The molecule has 0 saturated carbocycles. The molecule has 0 aliphatic carbocycles. The van der Waals surface area contributed by atoms with Crippen LogP contribution in [0.25, 0.3) is 0 Å². The Kier molecular flexibility index (Phi) is 5.32. The van der Waals surface area contributed by atoms with Crippen LogP contribution >= 0.6 is 31.9 Å². The maximum Gasteiger partial charge on any atom is 0.138 e. The van der Waals surface area contributed by atoms with Gasteiger partial charge in [0.15, 0.2) is 0 Å². The molecule has 0 heterocycles. The molecule has 0 amide bonds. The first-order valence-electron chi connectivity index (χ1n) is 6.22. The van der Waals surface area contributed by atoms with Gasteiger partial charge in [0.25, 0.3) is 0 Å². The second kappa shape index (κ2) is 5.81. The molecule has 1 aromatic carbocycles. The van der Waals surface area contributed by atoms with Gasteiger partial charge in [0.2, 0.25) is 0 Å². The molecule has 1 aromatic rings. The van der Waals surface area contributed by atoms with Crippen LogP contribution in [0.4, 0.5) is 5.69 Å². The first-order valence-corrected chi connectivity index (χ1v) is 15.0. The highest BCUT2D eigenvalue weighted by molar-refractivity contribution is 9.10. The zero-order valence-electron chi connectivity index (χ0n) is 12.1. The van der Waals surface area contributed by atoms with E-state index in [4.69, 9.17) is 0 Å². The summed E-state index contributed by atoms with van der Waals surface area (Å²) in [5.41, 5.74) is 2.81. The summed E-state index contributed by atoms with van der Waals surface area (Å²) < 4.78 is 3.93. The van der Waals surface area contributed by atoms with E-state index in [0.29, 0.717) is 0 Å². The van der Waals surface area contributed by atoms with Gasteiger partial charge in [-0.05, 0) is 23.8 Å². The smallest absolute Gasteiger partial charge is 0.138 e. The van der Waals surface area contributed by atoms with Crippen LogP contribution in [0.2, 0.25) is 39.3 Å². The van der Waals surface area contributed by atoms with Crippen LogP contribution in [-0.4, -0.2) is 16.5 Å². The lowest BCUT2D eigenvalue weighted by molar-refractivity contribution is 1.29. The van der Waals surface area contributed by atoms with Gasteiger partial charge in [-0.2, -0.15) is 0 Å². The van der Waals surface area contributed by atoms with Crippen molar-refractivity contribution in [1.29, 1.82) is 0 Å². The van der Waals surface area contributed by atoms with E-state index in [1.807, 2.05) is 0 Å². The lowest BCUT2D eigenvalue weighted by Gasteiger charge is -2.46. The van der Waals surface area contributed by atoms with Gasteiger partial charge in [-0.25, -0.2) is 0 Å². The number of hydrogen-bond acceptors (Lipinski definition) is 1. The van der Waals surface area contributed by atoms with E-state index in [1.165, 1.54) is 11.3 Å². The van der Waals surface area contributed by atoms with Gasteiger partial charge in [-0.1, -0.05) is 71.1 Å². The first-order chi connectivity index (χ1) is 8.07. The Morgan fingerprint density at radius 1 is 1.00 bits per heavy atom. The molecule has 0 aliphatic heterocycles. The predicted molar refractivity (Wildman–Crippen MR) is 95.9 cm³/mol. The number of anilines is 1. The molecule has 0 spiro atoms. The Labute approximate surface area is 130 Å². The molecule has 0 fully saturated rings. The summed E-state index contributed by atoms with van der Waals surface area (Å²) in [6.45, 7) is 14.6. The highest BCUT2D eigenvalue weighted by atomic mass is 79.9. The molecule has 18 heavy (non-hydrogen) atoms. The summed E-state index contributed by atoms with van der Waals surface area (Å²) in [7, 11) is -2.74. The van der Waals surface area contributed by atoms with Crippen molar-refractivity contribution in [2.75, 3.05) is 4.23 Å². The molecule has 0 atom stereocenters. The predicted octanol–water partition coefficient (Wildman–Crippen LogP) is 5.82. The SMILES string of the molecule is C[Si](C)(C)N(c1ccc(Br)cc1CBr)[Si](C)(C)C. The van der Waals surface area contributed by atoms with Gasteiger partial charge < -0.3 is 4.23 Å². The second-order valence-electron chi connectivity index (χ2n) is 6.58. The third-order valence-corrected chi connectivity index (χ3v) is 11.1. The van der Waals surface area contributed by atoms with Crippen molar-refractivity contribution in [3.63, 3.8) is 0 Å². The summed E-state index contributed by atoms with van der Waals surface area (Å²) in [4.78, 5) is 0. The lowest BCUT2D eigenvalue weighted by atomic mass is 10.2. The summed E-state index contributed by atoms with van der Waals surface area (Å²) in [6, 6.07) is 6.67. The summed E-state index contributed by atoms with van der Waals surface area (Å²) >= 11 is 7.20. The normalized spacial score (nSPS) is 12.7. The fourth-order valence-corrected chi connectivity index (χ4v) is 13.4. The average Bonchev–Trinajstić information content (AvgIpc) is 2.16. The number of rotatable bonds is 4. The van der Waals surface area contributed by atoms with Gasteiger partial charge in [0, 0.05) is 15.5 Å². The van der Waals surface area contributed by atoms with E-state index in [9.17, 15) is 0 Å². The maximum absolute atomic E-state index is 3.63. The quantitative estimate of drug-likeness (QED) is 0.448. The zero-order chi connectivity index (χ0) is 14.1. The maximum atomic E-state index is 3.63. The Morgan fingerprint density at radius 3 is 1.89 bits per heavy atom. The Balaban J connectivity index is 3.39. The van der Waals surface area contributed by atoms with E-state index in [0.717, 1.165) is 9.80 Å². The Bertz CT molecular complexity index is 408. The molecule has 1 rings (SSSR count). The molecule has 0 unspecified atom stereocenters. The standard InChI is InChI=1S/C13H23Br2NSi2/c1-17(2,3)16(18(4,5)6)13-8-7-12(15)9-11(13)10-14/h7-9H,10H2,1-6H3. The molecule has 102 valence electrons. The fraction of sp³-hybridized carbons (Fsp3) is 0.538. The molecule has 0 radical (unpaired) electrons. The van der Waals surface area contributed by atoms with Crippen molar-refractivity contribution in [2.45, 2.75) is 44.6 Å². The topological polar surface area (TPSA) is 3.24 Å². The molecule has 0 saturated heterocycles. The Hall–Kier alpha value is 0.414. The van der Waals surface area contributed by atoms with Crippen molar-refractivity contribution >= 4 is 54.0 Å². The number of alkyl halides is 1. The van der Waals surface area contributed by atoms with Crippen LogP contribution in [-0.2, 0) is 5.33 Å². The van der Waals surface area contributed by atoms with E-state index in [2.05, 4.69) is 93.6 Å². The zero-order valence-corrected chi connectivity index (χ0v) is 17.3. The van der Waals surface area contributed by atoms with Crippen molar-refractivity contribution in [1.82, 2.24) is 0 Å². The Morgan fingerprint density at radius 2 is 1.50 bits per heavy atom. The molecule has 1 nitrogen and oxygen atoms in total. The largest absolute Gasteiger partial charge is 0.424 e. The van der Waals surface area contributed by atoms with Crippen LogP contribution in [0.3, 0.4) is 0 Å². The fourth-order valence-electron chi connectivity index (χ4n) is 2.61. The molecule has 0 bridgehead atoms. The van der Waals surface area contributed by atoms with Crippen molar-refractivity contribution in [3.8, 4) is 0 Å². The lowest BCUT2D eigenvalue weighted by Crippen LogP contribution is -2.59. The molecular weight excluding hydrogens is 386 g/mol. The van der Waals surface area contributed by atoms with Gasteiger partial charge in [-0.15, -0.1) is 0 Å². The van der Waals surface area contributed by atoms with Crippen molar-refractivity contribution < 1.29 is 0 Å². The highest BCUT2D eigenvalue weighted by Gasteiger charge is 2.35. The minimum absolute atomic E-state index is 0.910. The molecule has 0 aliphatic rings. The molecule has 0 aromatic heterocycles. The third kappa shape index (κ3) is 3.95. The van der Waals surface area contributed by atoms with E-state index in [-0.39, 0.29) is 0 Å². The van der Waals surface area contributed by atoms with Crippen LogP contribution in [0.5, 0.6) is 0 Å². The molecule has 5 heteroatoms. The van der Waals surface area contributed by atoms with E-state index in [1.54, 1.807) is 0 Å². The molecular formula is C13H23Br2NSi2. The van der Waals surface area contributed by atoms with Gasteiger partial charge in [-0.3, -0.25) is 0 Å². The summed E-state index contributed by atoms with van der Waals surface area (Å²) in [5, 5.41) is 0.910. The summed E-state index contributed by atoms with van der Waals surface area (Å²) in [5.74, 6) is 0. The van der Waals surface area contributed by atoms with Crippen molar-refractivity contribution in [3.05, 3.63) is 28.2 Å². The average molecular weight is 409 g/mol. The number of halogens is 2. The van der Waals surface area contributed by atoms with Crippen LogP contribution < -0.4 is 4.23 Å². The number of hydrogen-bond donors (Lipinski definition) is 0. The van der Waals surface area contributed by atoms with Gasteiger partial charge in [0.05, 0.1) is 0 Å². The van der Waals surface area contributed by atoms with Gasteiger partial charge >= 0.3 is 0 Å². The van der Waals surface area contributed by atoms with Crippen LogP contribution in [0.1, 0.15) is 5.56 Å². The second-order valence-corrected chi connectivity index (χ2v) is 18.1. The van der Waals surface area contributed by atoms with E-state index >= 15 is 0 Å². The number of nitrogens with zero attached hydrogens (tertiary/aromatic N) is 1. The highest BCUT2D eigenvalue weighted by Crippen LogP contribution is 2.33. The monoisotopic (exact) mass is 407 g/mol. The minimum atomic E-state index is -1.37. The summed E-state index contributed by atoms with van der Waals surface area (Å²) in [6.07, 6.45) is 0. The van der Waals surface area contributed by atoms with Crippen molar-refractivity contribution in [2.24, 2.45) is 0 Å². The van der Waals surface area contributed by atoms with E-state index < -0.39 is 16.5 Å². The van der Waals surface area contributed by atoms with Crippen LogP contribution in [0.15, 0.2) is 22.7 Å². The van der Waals surface area contributed by atoms with Crippen LogP contribution in [0, 0.1) is 0 Å². The van der Waals surface area contributed by atoms with Gasteiger partial charge in [0.1, 0.15) is 16.5 Å². The third-order valence-electron chi connectivity index (χ3n) is 2.77.